The number of hydrogen-bond acceptors (Lipinski definition) is 8. The van der Waals surface area contributed by atoms with E-state index >= 15 is 0 Å². The van der Waals surface area contributed by atoms with Gasteiger partial charge in [0.25, 0.3) is 5.56 Å². The molecule has 0 N–H and O–H groups in total. The van der Waals surface area contributed by atoms with Gasteiger partial charge in [0.15, 0.2) is 0 Å². The normalized spacial score (nSPS) is 14.1. The van der Waals surface area contributed by atoms with Crippen molar-refractivity contribution in [3.05, 3.63) is 76.8 Å². The number of amides is 1. The van der Waals surface area contributed by atoms with Crippen molar-refractivity contribution >= 4 is 59.1 Å². The summed E-state index contributed by atoms with van der Waals surface area (Å²) in [4.78, 5) is 27.1. The summed E-state index contributed by atoms with van der Waals surface area (Å²) in [5.74, 6) is 2.88. The van der Waals surface area contributed by atoms with Gasteiger partial charge in [-0.05, 0) is 75.8 Å². The number of thioether (sulfide) groups is 1. The van der Waals surface area contributed by atoms with Gasteiger partial charge in [0.2, 0.25) is 0 Å². The molecule has 12 heteroatoms. The van der Waals surface area contributed by atoms with Crippen molar-refractivity contribution in [1.82, 2.24) is 13.4 Å². The first-order valence-corrected chi connectivity index (χ1v) is 19.9. The minimum atomic E-state index is -0.499. The van der Waals surface area contributed by atoms with Crippen molar-refractivity contribution < 1.29 is 23.7 Å². The van der Waals surface area contributed by atoms with Gasteiger partial charge in [0, 0.05) is 91.2 Å². The molecule has 4 aromatic rings. The number of piperidine rings is 1. The third-order valence-electron chi connectivity index (χ3n) is 7.54. The van der Waals surface area contributed by atoms with Gasteiger partial charge >= 0.3 is 6.09 Å². The molecule has 1 aliphatic heterocycles. The number of rotatable bonds is 11. The zero-order chi connectivity index (χ0) is 32.8. The molecule has 9 nitrogen and oxygen atoms in total. The first-order valence-electron chi connectivity index (χ1n) is 15.2. The molecule has 3 heterocycles. The minimum Gasteiger partial charge on any atom is -0.491 e. The SMILES string of the molecule is CSCc1ccc(Oc2cccc(OCCOC3CCN(C(=O)OC(C)(C)C)CC3)c2)c(-c2cn(C)c(=O)c3c2ccn3SI)c1. The average Bonchev–Trinajstić information content (AvgIpc) is 3.46. The molecule has 0 bridgehead atoms. The van der Waals surface area contributed by atoms with Gasteiger partial charge in [0.05, 0.1) is 12.7 Å². The van der Waals surface area contributed by atoms with Crippen LogP contribution < -0.4 is 15.0 Å². The summed E-state index contributed by atoms with van der Waals surface area (Å²) >= 11 is 3.95. The molecule has 0 aliphatic carbocycles. The fraction of sp³-hybridized carbons (Fsp3) is 0.412. The van der Waals surface area contributed by atoms with Gasteiger partial charge in [-0.25, -0.2) is 4.79 Å². The molecule has 2 aromatic heterocycles. The molecular weight excluding hydrogens is 737 g/mol. The summed E-state index contributed by atoms with van der Waals surface area (Å²) in [5.41, 5.74) is 3.12. The third-order valence-corrected chi connectivity index (χ3v) is 9.89. The van der Waals surface area contributed by atoms with Crippen molar-refractivity contribution in [2.24, 2.45) is 7.05 Å². The lowest BCUT2D eigenvalue weighted by atomic mass is 10.0. The topological polar surface area (TPSA) is 84.2 Å². The number of nitrogens with zero attached hydrogens (tertiary/aromatic N) is 3. The first kappa shape index (κ1) is 34.5. The Labute approximate surface area is 290 Å². The van der Waals surface area contributed by atoms with Gasteiger partial charge in [-0.1, -0.05) is 12.1 Å². The predicted molar refractivity (Wildman–Crippen MR) is 196 cm³/mol. The van der Waals surface area contributed by atoms with Crippen LogP contribution in [0.5, 0.6) is 17.2 Å². The largest absolute Gasteiger partial charge is 0.491 e. The van der Waals surface area contributed by atoms with E-state index in [0.717, 1.165) is 35.1 Å². The second kappa shape index (κ2) is 15.4. The molecule has 0 unspecified atom stereocenters. The lowest BCUT2D eigenvalue weighted by Gasteiger charge is -2.33. The van der Waals surface area contributed by atoms with E-state index in [1.54, 1.807) is 28.3 Å². The quantitative estimate of drug-likeness (QED) is 0.111. The van der Waals surface area contributed by atoms with Crippen molar-refractivity contribution in [1.29, 1.82) is 0 Å². The zero-order valence-electron chi connectivity index (χ0n) is 26.8. The molecule has 0 saturated carbocycles. The Morgan fingerprint density at radius 3 is 2.50 bits per heavy atom. The molecule has 1 fully saturated rings. The lowest BCUT2D eigenvalue weighted by Crippen LogP contribution is -2.43. The molecule has 0 spiro atoms. The highest BCUT2D eigenvalue weighted by Crippen LogP contribution is 2.39. The molecule has 1 aliphatic rings. The molecular formula is C34H40IN3O6S2. The van der Waals surface area contributed by atoms with E-state index in [1.165, 1.54) is 14.7 Å². The monoisotopic (exact) mass is 777 g/mol. The maximum atomic E-state index is 13.1. The van der Waals surface area contributed by atoms with Crippen LogP contribution in [0.4, 0.5) is 4.79 Å². The first-order chi connectivity index (χ1) is 22.1. The number of hydrogen-bond donors (Lipinski definition) is 0. The Hall–Kier alpha value is -2.81. The van der Waals surface area contributed by atoms with Crippen LogP contribution >= 0.6 is 42.1 Å². The number of ether oxygens (including phenoxy) is 4. The van der Waals surface area contributed by atoms with Crippen LogP contribution in [0.15, 0.2) is 65.7 Å². The standard InChI is InChI=1S/C34H40IN3O6S2/c1-34(2,3)44-33(40)37-14-11-24(12-15-37)41-17-18-42-25-7-6-8-26(20-25)43-30-10-9-23(22-45-5)19-28(30)29-21-36(4)32(39)31-27(29)13-16-38(31)46-35/h6-10,13,16,19-21,24H,11-12,14-15,17-18,22H2,1-5H3. The smallest absolute Gasteiger partial charge is 0.410 e. The number of aryl methyl sites for hydroxylation is 1. The number of likely N-dealkylation sites (tertiary alicyclic amines) is 1. The Balaban J connectivity index is 1.24. The summed E-state index contributed by atoms with van der Waals surface area (Å²) in [6, 6.07) is 15.8. The molecule has 1 amide bonds. The van der Waals surface area contributed by atoms with Gasteiger partial charge in [-0.3, -0.25) is 8.77 Å². The number of benzene rings is 2. The minimum absolute atomic E-state index is 0.0456. The highest BCUT2D eigenvalue weighted by Gasteiger charge is 2.27. The van der Waals surface area contributed by atoms with Crippen molar-refractivity contribution in [3.8, 4) is 28.4 Å². The van der Waals surface area contributed by atoms with E-state index in [2.05, 4.69) is 39.6 Å². The van der Waals surface area contributed by atoms with E-state index in [1.807, 2.05) is 73.5 Å². The number of aromatic nitrogens is 2. The fourth-order valence-corrected chi connectivity index (χ4v) is 7.25. The summed E-state index contributed by atoms with van der Waals surface area (Å²) < 4.78 is 27.6. The maximum absolute atomic E-state index is 13.1. The number of fused-ring (bicyclic) bond motifs is 1. The highest BCUT2D eigenvalue weighted by molar-refractivity contribution is 14.2. The van der Waals surface area contributed by atoms with Gasteiger partial charge in [-0.2, -0.15) is 11.8 Å². The Morgan fingerprint density at radius 1 is 1.02 bits per heavy atom. The maximum Gasteiger partial charge on any atom is 0.410 e. The summed E-state index contributed by atoms with van der Waals surface area (Å²) in [7, 11) is 3.25. The summed E-state index contributed by atoms with van der Waals surface area (Å²) in [6.07, 6.45) is 7.25. The number of halogens is 1. The van der Waals surface area contributed by atoms with Crippen molar-refractivity contribution in [2.75, 3.05) is 32.6 Å². The van der Waals surface area contributed by atoms with Crippen LogP contribution in [0.25, 0.3) is 22.0 Å². The molecule has 2 aromatic carbocycles. The summed E-state index contributed by atoms with van der Waals surface area (Å²) in [6.45, 7) is 7.71. The van der Waals surface area contributed by atoms with Crippen LogP contribution in [0.3, 0.4) is 0 Å². The van der Waals surface area contributed by atoms with E-state index in [-0.39, 0.29) is 17.8 Å². The molecule has 46 heavy (non-hydrogen) atoms. The zero-order valence-corrected chi connectivity index (χ0v) is 30.6. The molecule has 5 rings (SSSR count). The molecule has 0 radical (unpaired) electrons. The van der Waals surface area contributed by atoms with E-state index in [9.17, 15) is 9.59 Å². The second-order valence-electron chi connectivity index (χ2n) is 12.2. The number of carbonyl (C=O) groups is 1. The van der Waals surface area contributed by atoms with Crippen LogP contribution in [-0.4, -0.2) is 63.8 Å². The van der Waals surface area contributed by atoms with Crippen LogP contribution in [-0.2, 0) is 22.3 Å². The Kier molecular flexibility index (Phi) is 11.6. The third kappa shape index (κ3) is 8.55. The highest BCUT2D eigenvalue weighted by atomic mass is 127. The fourth-order valence-electron chi connectivity index (χ4n) is 5.40. The Bertz CT molecular complexity index is 1730. The summed E-state index contributed by atoms with van der Waals surface area (Å²) in [5, 5.41) is 0.881. The van der Waals surface area contributed by atoms with Crippen LogP contribution in [0, 0.1) is 0 Å². The van der Waals surface area contributed by atoms with Crippen LogP contribution in [0.1, 0.15) is 39.2 Å². The lowest BCUT2D eigenvalue weighted by molar-refractivity contribution is -0.0177. The number of carbonyl (C=O) groups excluding carboxylic acids is 1. The second-order valence-corrected chi connectivity index (χ2v) is 14.7. The van der Waals surface area contributed by atoms with Gasteiger partial charge in [-0.15, -0.1) is 0 Å². The molecule has 1 saturated heterocycles. The van der Waals surface area contributed by atoms with Crippen molar-refractivity contribution in [2.45, 2.75) is 51.1 Å². The van der Waals surface area contributed by atoms with Crippen molar-refractivity contribution in [3.63, 3.8) is 0 Å². The van der Waals surface area contributed by atoms with E-state index in [0.29, 0.717) is 49.1 Å². The molecule has 246 valence electrons. The van der Waals surface area contributed by atoms with Crippen LogP contribution in [0.2, 0.25) is 0 Å². The molecule has 0 atom stereocenters. The van der Waals surface area contributed by atoms with Gasteiger partial charge in [0.1, 0.15) is 35.0 Å². The van der Waals surface area contributed by atoms with E-state index < -0.39 is 5.60 Å². The Morgan fingerprint density at radius 2 is 1.78 bits per heavy atom. The average molecular weight is 778 g/mol. The number of pyridine rings is 1. The van der Waals surface area contributed by atoms with E-state index in [4.69, 9.17) is 18.9 Å². The van der Waals surface area contributed by atoms with Gasteiger partial charge < -0.3 is 28.4 Å². The predicted octanol–water partition coefficient (Wildman–Crippen LogP) is 8.30.